The van der Waals surface area contributed by atoms with Crippen LogP contribution in [0.4, 0.5) is 5.69 Å². The van der Waals surface area contributed by atoms with Crippen LogP contribution in [0.3, 0.4) is 0 Å². The van der Waals surface area contributed by atoms with Gasteiger partial charge in [0.25, 0.3) is 0 Å². The van der Waals surface area contributed by atoms with Crippen LogP contribution in [0, 0.1) is 0 Å². The van der Waals surface area contributed by atoms with E-state index in [1.165, 1.54) is 0 Å². The molecule has 25 heavy (non-hydrogen) atoms. The first kappa shape index (κ1) is 17.5. The van der Waals surface area contributed by atoms with Gasteiger partial charge in [0.15, 0.2) is 0 Å². The molecule has 0 spiro atoms. The normalized spacial score (nSPS) is 19.4. The number of anilines is 1. The Kier molecular flexibility index (Phi) is 5.72. The summed E-state index contributed by atoms with van der Waals surface area (Å²) in [6.07, 6.45) is -0.330. The number of nitrogens with one attached hydrogen (secondary N) is 5. The fourth-order valence-electron chi connectivity index (χ4n) is 2.54. The summed E-state index contributed by atoms with van der Waals surface area (Å²) in [5.41, 5.74) is 10.4. The molecule has 0 aliphatic carbocycles. The van der Waals surface area contributed by atoms with Crippen LogP contribution < -0.4 is 31.8 Å². The molecule has 132 valence electrons. The topological polar surface area (TPSA) is 86.5 Å². The fourth-order valence-corrected chi connectivity index (χ4v) is 2.73. The highest BCUT2D eigenvalue weighted by Gasteiger charge is 2.32. The summed E-state index contributed by atoms with van der Waals surface area (Å²) in [6, 6.07) is 14.4. The highest BCUT2D eigenvalue weighted by molar-refractivity contribution is 6.30. The largest absolute Gasteiger partial charge is 0.497 e. The van der Waals surface area contributed by atoms with Crippen molar-refractivity contribution in [2.24, 2.45) is 0 Å². The van der Waals surface area contributed by atoms with Crippen LogP contribution in [0.2, 0.25) is 5.02 Å². The molecule has 1 aliphatic heterocycles. The van der Waals surface area contributed by atoms with E-state index in [1.807, 2.05) is 36.4 Å². The maximum atomic E-state index is 12.5. The molecule has 0 bridgehead atoms. The average molecular weight is 362 g/mol. The second-order valence-electron chi connectivity index (χ2n) is 5.59. The molecule has 1 aliphatic rings. The number of benzene rings is 2. The predicted molar refractivity (Wildman–Crippen MR) is 96.9 cm³/mol. The molecule has 0 radical (unpaired) electrons. The minimum atomic E-state index is -0.496. The van der Waals surface area contributed by atoms with Crippen LogP contribution in [-0.2, 0) is 11.3 Å². The van der Waals surface area contributed by atoms with E-state index in [0.29, 0.717) is 11.6 Å². The van der Waals surface area contributed by atoms with Crippen molar-refractivity contribution in [2.75, 3.05) is 12.4 Å². The second-order valence-corrected chi connectivity index (χ2v) is 6.03. The number of hydrogen-bond donors (Lipinski definition) is 5. The lowest BCUT2D eigenvalue weighted by Crippen LogP contribution is -2.50. The summed E-state index contributed by atoms with van der Waals surface area (Å²) >= 11 is 5.99. The number of halogens is 1. The molecule has 7 nitrogen and oxygen atoms in total. The second kappa shape index (κ2) is 8.17. The Morgan fingerprint density at radius 1 is 1.20 bits per heavy atom. The summed E-state index contributed by atoms with van der Waals surface area (Å²) < 4.78 is 5.19. The molecule has 2 aromatic carbocycles. The van der Waals surface area contributed by atoms with Gasteiger partial charge < -0.3 is 15.4 Å². The lowest BCUT2D eigenvalue weighted by molar-refractivity contribution is -0.123. The minimum Gasteiger partial charge on any atom is -0.497 e. The van der Waals surface area contributed by atoms with Crippen LogP contribution in [-0.4, -0.2) is 25.2 Å². The number of rotatable bonds is 6. The Hall–Kier alpha value is -2.32. The van der Waals surface area contributed by atoms with Crippen LogP contribution in [0.1, 0.15) is 5.56 Å². The van der Waals surface area contributed by atoms with E-state index in [9.17, 15) is 4.79 Å². The molecule has 0 aromatic heterocycles. The van der Waals surface area contributed by atoms with Crippen molar-refractivity contribution in [3.63, 3.8) is 0 Å². The van der Waals surface area contributed by atoms with E-state index in [-0.39, 0.29) is 12.1 Å². The number of carbonyl (C=O) groups is 1. The molecule has 1 heterocycles. The van der Waals surface area contributed by atoms with Crippen molar-refractivity contribution < 1.29 is 9.53 Å². The molecule has 2 aromatic rings. The van der Waals surface area contributed by atoms with Gasteiger partial charge in [-0.05, 0) is 35.9 Å². The molecule has 0 saturated carbocycles. The fraction of sp³-hybridized carbons (Fsp3) is 0.235. The van der Waals surface area contributed by atoms with Crippen molar-refractivity contribution in [1.82, 2.24) is 21.7 Å². The Morgan fingerprint density at radius 2 is 2.04 bits per heavy atom. The van der Waals surface area contributed by atoms with Gasteiger partial charge in [-0.1, -0.05) is 29.8 Å². The van der Waals surface area contributed by atoms with Crippen molar-refractivity contribution >= 4 is 23.2 Å². The van der Waals surface area contributed by atoms with Crippen molar-refractivity contribution in [1.29, 1.82) is 0 Å². The first-order chi connectivity index (χ1) is 12.2. The van der Waals surface area contributed by atoms with Gasteiger partial charge in [-0.2, -0.15) is 5.53 Å². The molecular weight excluding hydrogens is 342 g/mol. The van der Waals surface area contributed by atoms with Gasteiger partial charge in [-0.25, -0.2) is 10.9 Å². The zero-order valence-electron chi connectivity index (χ0n) is 13.7. The van der Waals surface area contributed by atoms with Gasteiger partial charge in [0.2, 0.25) is 5.91 Å². The molecule has 1 fully saturated rings. The first-order valence-electron chi connectivity index (χ1n) is 7.84. The Labute approximate surface area is 151 Å². The monoisotopic (exact) mass is 361 g/mol. The number of methoxy groups -OCH3 is 1. The molecule has 5 N–H and O–H groups in total. The van der Waals surface area contributed by atoms with Crippen LogP contribution in [0.15, 0.2) is 48.5 Å². The summed E-state index contributed by atoms with van der Waals surface area (Å²) in [4.78, 5) is 12.5. The minimum absolute atomic E-state index is 0.139. The Balaban J connectivity index is 1.58. The van der Waals surface area contributed by atoms with Gasteiger partial charge in [0.05, 0.1) is 7.11 Å². The lowest BCUT2D eigenvalue weighted by Gasteiger charge is -2.20. The summed E-state index contributed by atoms with van der Waals surface area (Å²) in [7, 11) is 1.61. The molecule has 8 heteroatoms. The number of amides is 1. The molecule has 1 amide bonds. The maximum absolute atomic E-state index is 12.5. The predicted octanol–water partition coefficient (Wildman–Crippen LogP) is 1.38. The summed E-state index contributed by atoms with van der Waals surface area (Å²) in [6.45, 7) is 0.415. The van der Waals surface area contributed by atoms with E-state index >= 15 is 0 Å². The zero-order valence-corrected chi connectivity index (χ0v) is 14.4. The summed E-state index contributed by atoms with van der Waals surface area (Å²) in [5, 5.41) is 6.77. The molecule has 1 saturated heterocycles. The van der Waals surface area contributed by atoms with E-state index in [1.54, 1.807) is 19.2 Å². The third-order valence-corrected chi connectivity index (χ3v) is 4.05. The third kappa shape index (κ3) is 4.61. The van der Waals surface area contributed by atoms with E-state index in [0.717, 1.165) is 17.0 Å². The van der Waals surface area contributed by atoms with Crippen LogP contribution in [0.25, 0.3) is 0 Å². The Bertz CT molecular complexity index is 742. The highest BCUT2D eigenvalue weighted by atomic mass is 35.5. The van der Waals surface area contributed by atoms with Gasteiger partial charge >= 0.3 is 0 Å². The third-order valence-electron chi connectivity index (χ3n) is 3.82. The van der Waals surface area contributed by atoms with Crippen molar-refractivity contribution in [3.8, 4) is 5.75 Å². The number of carbonyl (C=O) groups excluding carboxylic acids is 1. The SMILES string of the molecule is COc1cccc(CNC(=O)C2NNNC2Nc2cccc(Cl)c2)c1. The van der Waals surface area contributed by atoms with E-state index < -0.39 is 6.04 Å². The molecule has 3 rings (SSSR count). The standard InChI is InChI=1S/C17H20ClN5O2/c1-25-14-7-2-4-11(8-14)10-19-17(24)15-16(22-23-21-15)20-13-6-3-5-12(18)9-13/h2-9,15-16,20-23H,10H2,1H3,(H,19,24). The van der Waals surface area contributed by atoms with E-state index in [4.69, 9.17) is 16.3 Å². The number of hydrogen-bond acceptors (Lipinski definition) is 6. The highest BCUT2D eigenvalue weighted by Crippen LogP contribution is 2.16. The van der Waals surface area contributed by atoms with Gasteiger partial charge in [0.1, 0.15) is 18.0 Å². The quantitative estimate of drug-likeness (QED) is 0.534. The average Bonchev–Trinajstić information content (AvgIpc) is 3.08. The van der Waals surface area contributed by atoms with Gasteiger partial charge in [-0.3, -0.25) is 4.79 Å². The molecule has 2 atom stereocenters. The van der Waals surface area contributed by atoms with Gasteiger partial charge in [-0.15, -0.1) is 0 Å². The lowest BCUT2D eigenvalue weighted by atomic mass is 10.2. The number of ether oxygens (including phenoxy) is 1. The maximum Gasteiger partial charge on any atom is 0.242 e. The molecular formula is C17H20ClN5O2. The summed E-state index contributed by atoms with van der Waals surface area (Å²) in [5.74, 6) is 0.620. The number of hydrazine groups is 2. The first-order valence-corrected chi connectivity index (χ1v) is 8.22. The van der Waals surface area contributed by atoms with Crippen molar-refractivity contribution in [3.05, 3.63) is 59.1 Å². The van der Waals surface area contributed by atoms with E-state index in [2.05, 4.69) is 27.0 Å². The molecule has 2 unspecified atom stereocenters. The smallest absolute Gasteiger partial charge is 0.242 e. The van der Waals surface area contributed by atoms with Crippen molar-refractivity contribution in [2.45, 2.75) is 18.8 Å². The van der Waals surface area contributed by atoms with Crippen LogP contribution in [0.5, 0.6) is 5.75 Å². The Morgan fingerprint density at radius 3 is 2.84 bits per heavy atom. The zero-order chi connectivity index (χ0) is 17.6. The van der Waals surface area contributed by atoms with Crippen LogP contribution >= 0.6 is 11.6 Å². The van der Waals surface area contributed by atoms with Gasteiger partial charge in [0, 0.05) is 17.3 Å².